The number of nitrogens with zero attached hydrogens (tertiary/aromatic N) is 2. The van der Waals surface area contributed by atoms with Gasteiger partial charge in [0.1, 0.15) is 5.69 Å². The Hall–Kier alpha value is -0.813. The average Bonchev–Trinajstić information content (AvgIpc) is 2.81. The molecule has 0 unspecified atom stereocenters. The summed E-state index contributed by atoms with van der Waals surface area (Å²) in [5.41, 5.74) is 0.0258. The van der Waals surface area contributed by atoms with Gasteiger partial charge in [-0.25, -0.2) is 15.1 Å². The fraction of sp³-hybridized carbons (Fsp3) is 0.500. The molecule has 5 nitrogen and oxygen atoms in total. The van der Waals surface area contributed by atoms with E-state index in [0.717, 1.165) is 16.2 Å². The molecule has 0 saturated carbocycles. The van der Waals surface area contributed by atoms with E-state index in [9.17, 15) is 18.4 Å². The van der Waals surface area contributed by atoms with Gasteiger partial charge < -0.3 is 15.2 Å². The molecule has 2 heterocycles. The molecule has 0 aliphatic carbocycles. The summed E-state index contributed by atoms with van der Waals surface area (Å²) in [5.74, 6) is -3.41. The van der Waals surface area contributed by atoms with E-state index in [1.165, 1.54) is 5.38 Å². The number of alkyl halides is 2. The maximum Gasteiger partial charge on any atom is 1.00 e. The van der Waals surface area contributed by atoms with Crippen molar-refractivity contribution in [1.29, 1.82) is 0 Å². The number of thiazole rings is 1. The van der Waals surface area contributed by atoms with Crippen LogP contribution in [0.15, 0.2) is 5.38 Å². The van der Waals surface area contributed by atoms with Gasteiger partial charge in [0.2, 0.25) is 0 Å². The molecule has 0 aromatic carbocycles. The number of hydrogen-bond donors (Lipinski definition) is 0. The summed E-state index contributed by atoms with van der Waals surface area (Å²) < 4.78 is 26.2. The SMILES string of the molecule is C[C@H]1CC(F)(F)CN1C(=O)c1csc([C-]=O)n1.[Li+].[OH-]. The second-order valence-corrected chi connectivity index (χ2v) is 4.84. The van der Waals surface area contributed by atoms with Gasteiger partial charge in [0.25, 0.3) is 11.8 Å². The van der Waals surface area contributed by atoms with E-state index in [-0.39, 0.29) is 41.5 Å². The van der Waals surface area contributed by atoms with Crippen LogP contribution in [-0.2, 0) is 4.79 Å². The molecule has 19 heavy (non-hydrogen) atoms. The minimum atomic E-state index is -2.84. The van der Waals surface area contributed by atoms with Crippen LogP contribution in [0.2, 0.25) is 0 Å². The van der Waals surface area contributed by atoms with E-state index in [2.05, 4.69) is 4.98 Å². The predicted octanol–water partition coefficient (Wildman–Crippen LogP) is -1.70. The van der Waals surface area contributed by atoms with E-state index >= 15 is 0 Å². The molecule has 0 spiro atoms. The zero-order valence-electron chi connectivity index (χ0n) is 10.4. The second-order valence-electron chi connectivity index (χ2n) is 3.98. The third-order valence-electron chi connectivity index (χ3n) is 2.60. The first-order valence-corrected chi connectivity index (χ1v) is 5.83. The molecule has 1 atom stereocenters. The minimum absolute atomic E-state index is 0. The van der Waals surface area contributed by atoms with E-state index in [0.29, 0.717) is 0 Å². The molecule has 1 N–H and O–H groups in total. The van der Waals surface area contributed by atoms with Crippen LogP contribution >= 0.6 is 11.3 Å². The van der Waals surface area contributed by atoms with E-state index < -0.39 is 24.4 Å². The third-order valence-corrected chi connectivity index (χ3v) is 3.34. The van der Waals surface area contributed by atoms with Gasteiger partial charge in [0, 0.05) is 17.8 Å². The van der Waals surface area contributed by atoms with Gasteiger partial charge >= 0.3 is 18.9 Å². The Morgan fingerprint density at radius 3 is 2.68 bits per heavy atom. The Labute approximate surface area is 124 Å². The van der Waals surface area contributed by atoms with Crippen LogP contribution in [0, 0.1) is 0 Å². The summed E-state index contributed by atoms with van der Waals surface area (Å²) in [7, 11) is 0. The first-order valence-electron chi connectivity index (χ1n) is 4.95. The predicted molar refractivity (Wildman–Crippen MR) is 58.9 cm³/mol. The maximum absolute atomic E-state index is 13.1. The van der Waals surface area contributed by atoms with E-state index in [1.807, 2.05) is 0 Å². The van der Waals surface area contributed by atoms with Crippen molar-refractivity contribution >= 4 is 23.5 Å². The fourth-order valence-corrected chi connectivity index (χ4v) is 2.43. The van der Waals surface area contributed by atoms with Crippen LogP contribution in [0.1, 0.15) is 28.8 Å². The summed E-state index contributed by atoms with van der Waals surface area (Å²) in [6.45, 7) is 0.975. The van der Waals surface area contributed by atoms with Crippen LogP contribution in [0.5, 0.6) is 0 Å². The molecule has 9 heteroatoms. The van der Waals surface area contributed by atoms with Crippen molar-refractivity contribution in [2.24, 2.45) is 0 Å². The molecule has 0 bridgehead atoms. The molecule has 1 aliphatic heterocycles. The number of hydrogen-bond acceptors (Lipinski definition) is 5. The van der Waals surface area contributed by atoms with Gasteiger partial charge in [-0.1, -0.05) is 0 Å². The first kappa shape index (κ1) is 18.2. The van der Waals surface area contributed by atoms with Gasteiger partial charge in [-0.15, -0.1) is 0 Å². The van der Waals surface area contributed by atoms with Crippen LogP contribution in [-0.4, -0.2) is 46.1 Å². The van der Waals surface area contributed by atoms with Crippen molar-refractivity contribution < 1.29 is 42.7 Å². The topological polar surface area (TPSA) is 80.3 Å². The zero-order valence-corrected chi connectivity index (χ0v) is 11.2. The molecule has 1 saturated heterocycles. The van der Waals surface area contributed by atoms with Gasteiger partial charge in [-0.3, -0.25) is 9.78 Å². The van der Waals surface area contributed by atoms with Gasteiger partial charge in [0.05, 0.1) is 6.54 Å². The van der Waals surface area contributed by atoms with Gasteiger partial charge in [-0.2, -0.15) is 11.3 Å². The molecule has 0 radical (unpaired) electrons. The zero-order chi connectivity index (χ0) is 12.6. The maximum atomic E-state index is 13.1. The van der Waals surface area contributed by atoms with Crippen molar-refractivity contribution in [3.05, 3.63) is 16.1 Å². The number of halogens is 2. The number of aromatic nitrogens is 1. The van der Waals surface area contributed by atoms with Gasteiger partial charge in [-0.05, 0) is 11.9 Å². The monoisotopic (exact) mass is 283 g/mol. The molecule has 100 valence electrons. The Kier molecular flexibility index (Phi) is 6.29. The van der Waals surface area contributed by atoms with E-state index in [1.54, 1.807) is 13.2 Å². The number of carbonyl (C=O) groups excluding carboxylic acids is 2. The Morgan fingerprint density at radius 2 is 2.26 bits per heavy atom. The summed E-state index contributed by atoms with van der Waals surface area (Å²) in [4.78, 5) is 27.0. The molecule has 1 aromatic rings. The third kappa shape index (κ3) is 3.83. The summed E-state index contributed by atoms with van der Waals surface area (Å²) >= 11 is 0.968. The molecule has 1 aliphatic rings. The molecule has 1 fully saturated rings. The van der Waals surface area contributed by atoms with Crippen molar-refractivity contribution in [3.8, 4) is 0 Å². The van der Waals surface area contributed by atoms with Crippen LogP contribution < -0.4 is 18.9 Å². The van der Waals surface area contributed by atoms with Crippen molar-refractivity contribution in [3.63, 3.8) is 0 Å². The van der Waals surface area contributed by atoms with Crippen LogP contribution in [0.3, 0.4) is 0 Å². The van der Waals surface area contributed by atoms with E-state index in [4.69, 9.17) is 0 Å². The average molecular weight is 283 g/mol. The number of amides is 1. The molecule has 1 aromatic heterocycles. The van der Waals surface area contributed by atoms with Gasteiger partial charge in [0.15, 0.2) is 0 Å². The Balaban J connectivity index is 0.00000162. The minimum Gasteiger partial charge on any atom is -0.870 e. The fourth-order valence-electron chi connectivity index (χ4n) is 1.85. The number of likely N-dealkylation sites (tertiary alicyclic amines) is 1. The summed E-state index contributed by atoms with van der Waals surface area (Å²) in [6.07, 6.45) is 1.22. The van der Waals surface area contributed by atoms with Crippen molar-refractivity contribution in [2.45, 2.75) is 25.3 Å². The quantitative estimate of drug-likeness (QED) is 0.478. The molecule has 1 amide bonds. The van der Waals surface area contributed by atoms with Crippen LogP contribution in [0.4, 0.5) is 8.78 Å². The Bertz CT molecular complexity index is 469. The largest absolute Gasteiger partial charge is 1.00 e. The van der Waals surface area contributed by atoms with Crippen LogP contribution in [0.25, 0.3) is 0 Å². The summed E-state index contributed by atoms with van der Waals surface area (Å²) in [5, 5.41) is 1.43. The second kappa shape index (κ2) is 6.57. The first-order chi connectivity index (χ1) is 7.93. The molecular formula is C10H10F2LiN2O3S-. The number of carbonyl (C=O) groups is 1. The molecule has 2 rings (SSSR count). The van der Waals surface area contributed by atoms with Crippen molar-refractivity contribution in [2.75, 3.05) is 6.54 Å². The van der Waals surface area contributed by atoms with Crippen molar-refractivity contribution in [1.82, 2.24) is 9.88 Å². The molecular weight excluding hydrogens is 273 g/mol. The number of rotatable bonds is 2. The Morgan fingerprint density at radius 1 is 1.63 bits per heavy atom. The smallest absolute Gasteiger partial charge is 0.870 e. The summed E-state index contributed by atoms with van der Waals surface area (Å²) in [6, 6.07) is -0.525. The normalized spacial score (nSPS) is 20.4. The standard InChI is InChI=1S/C10H9F2N2O2S.Li.H2O/c1-6-2-10(11,12)5-14(6)9(16)7-4-17-8(3-15)13-7;;/h4,6H,2,5H2,1H3;;1H2/q-1;+1;/p-1/t6-;;/m0../s1.